The summed E-state index contributed by atoms with van der Waals surface area (Å²) in [5.74, 6) is -7.01. The minimum atomic E-state index is -1.73. The molecule has 1 aromatic carbocycles. The Morgan fingerprint density at radius 2 is 1.91 bits per heavy atom. The smallest absolute Gasteiger partial charge is 0.312 e. The number of thiazole rings is 1. The first-order chi connectivity index (χ1) is 15.2. The fourth-order valence-electron chi connectivity index (χ4n) is 2.47. The van der Waals surface area contributed by atoms with Crippen LogP contribution in [0.15, 0.2) is 35.0 Å². The molecule has 32 heavy (non-hydrogen) atoms. The molecule has 3 aromatic rings. The molecule has 0 aliphatic heterocycles. The van der Waals surface area contributed by atoms with Crippen molar-refractivity contribution in [2.45, 2.75) is 19.4 Å². The standard InChI is InChI=1S/C20H16F3N3O4S2/c1-10(30-16(28)7-11-9-32-20(25-11)14-3-2-6-31-14)19(29)24-8-15(27)26-13-5-4-12(21)17(22)18(13)23/h2-6,9-10H,7-8H2,1H3,(H,24,29)(H,26,27). The lowest BCUT2D eigenvalue weighted by atomic mass is 10.2. The van der Waals surface area contributed by atoms with E-state index in [9.17, 15) is 27.6 Å². The predicted molar refractivity (Wildman–Crippen MR) is 113 cm³/mol. The summed E-state index contributed by atoms with van der Waals surface area (Å²) < 4.78 is 44.7. The van der Waals surface area contributed by atoms with Gasteiger partial charge >= 0.3 is 5.97 Å². The minimum absolute atomic E-state index is 0.130. The molecule has 2 amide bonds. The Labute approximate surface area is 188 Å². The first-order valence-electron chi connectivity index (χ1n) is 9.13. The highest BCUT2D eigenvalue weighted by Gasteiger charge is 2.20. The summed E-state index contributed by atoms with van der Waals surface area (Å²) in [6.45, 7) is 0.716. The molecule has 168 valence electrons. The van der Waals surface area contributed by atoms with Crippen molar-refractivity contribution in [2.75, 3.05) is 11.9 Å². The summed E-state index contributed by atoms with van der Waals surface area (Å²) >= 11 is 2.91. The van der Waals surface area contributed by atoms with Crippen molar-refractivity contribution in [3.05, 3.63) is 58.2 Å². The third kappa shape index (κ3) is 5.92. The Bertz CT molecular complexity index is 1140. The molecule has 2 N–H and O–H groups in total. The number of amides is 2. The fraction of sp³-hybridized carbons (Fsp3) is 0.200. The van der Waals surface area contributed by atoms with E-state index in [1.807, 2.05) is 22.8 Å². The molecule has 0 radical (unpaired) electrons. The monoisotopic (exact) mass is 483 g/mol. The van der Waals surface area contributed by atoms with Crippen molar-refractivity contribution >= 4 is 46.1 Å². The third-order valence-electron chi connectivity index (χ3n) is 4.02. The number of rotatable bonds is 8. The molecule has 0 spiro atoms. The van der Waals surface area contributed by atoms with Crippen LogP contribution in [-0.2, 0) is 25.5 Å². The number of anilines is 1. The van der Waals surface area contributed by atoms with Gasteiger partial charge < -0.3 is 15.4 Å². The molecule has 0 aliphatic rings. The van der Waals surface area contributed by atoms with E-state index in [0.717, 1.165) is 16.0 Å². The van der Waals surface area contributed by atoms with Gasteiger partial charge in [-0.05, 0) is 30.5 Å². The zero-order valence-corrected chi connectivity index (χ0v) is 18.1. The summed E-state index contributed by atoms with van der Waals surface area (Å²) in [5, 5.41) is 8.64. The van der Waals surface area contributed by atoms with E-state index >= 15 is 0 Å². The molecule has 2 heterocycles. The second-order valence-corrected chi connectivity index (χ2v) is 8.22. The van der Waals surface area contributed by atoms with Crippen LogP contribution in [0.4, 0.5) is 18.9 Å². The van der Waals surface area contributed by atoms with Gasteiger partial charge in [0.15, 0.2) is 23.6 Å². The zero-order valence-electron chi connectivity index (χ0n) is 16.5. The average Bonchev–Trinajstić information content (AvgIpc) is 3.44. The van der Waals surface area contributed by atoms with E-state index in [-0.39, 0.29) is 6.42 Å². The number of aromatic nitrogens is 1. The Morgan fingerprint density at radius 1 is 1.12 bits per heavy atom. The van der Waals surface area contributed by atoms with Crippen LogP contribution >= 0.6 is 22.7 Å². The number of carbonyl (C=O) groups is 3. The minimum Gasteiger partial charge on any atom is -0.452 e. The number of benzene rings is 1. The molecule has 0 saturated carbocycles. The fourth-order valence-corrected chi connectivity index (χ4v) is 4.10. The number of nitrogens with one attached hydrogen (secondary N) is 2. The van der Waals surface area contributed by atoms with Gasteiger partial charge in [-0.2, -0.15) is 0 Å². The van der Waals surface area contributed by atoms with Gasteiger partial charge in [-0.15, -0.1) is 22.7 Å². The Kier molecular flexibility index (Phi) is 7.59. The van der Waals surface area contributed by atoms with Crippen LogP contribution in [0.3, 0.4) is 0 Å². The van der Waals surface area contributed by atoms with Gasteiger partial charge in [0.1, 0.15) is 5.01 Å². The van der Waals surface area contributed by atoms with Gasteiger partial charge in [0.05, 0.1) is 29.2 Å². The first kappa shape index (κ1) is 23.4. The Hall–Kier alpha value is -3.25. The summed E-state index contributed by atoms with van der Waals surface area (Å²) in [7, 11) is 0. The maximum atomic E-state index is 13.6. The SMILES string of the molecule is CC(OC(=O)Cc1csc(-c2cccs2)n1)C(=O)NCC(=O)Nc1ccc(F)c(F)c1F. The van der Waals surface area contributed by atoms with E-state index in [1.165, 1.54) is 29.6 Å². The van der Waals surface area contributed by atoms with E-state index in [1.54, 1.807) is 5.38 Å². The van der Waals surface area contributed by atoms with Gasteiger partial charge in [-0.25, -0.2) is 18.2 Å². The third-order valence-corrected chi connectivity index (χ3v) is 5.95. The van der Waals surface area contributed by atoms with Crippen molar-refractivity contribution in [1.29, 1.82) is 0 Å². The molecule has 0 bridgehead atoms. The average molecular weight is 483 g/mol. The quantitative estimate of drug-likeness (QED) is 0.378. The van der Waals surface area contributed by atoms with Crippen molar-refractivity contribution < 1.29 is 32.3 Å². The number of hydrogen-bond donors (Lipinski definition) is 2. The lowest BCUT2D eigenvalue weighted by molar-refractivity contribution is -0.154. The molecule has 1 unspecified atom stereocenters. The molecular weight excluding hydrogens is 467 g/mol. The number of nitrogens with zero attached hydrogens (tertiary/aromatic N) is 1. The number of halogens is 3. The highest BCUT2D eigenvalue weighted by molar-refractivity contribution is 7.20. The molecule has 0 aliphatic carbocycles. The highest BCUT2D eigenvalue weighted by Crippen LogP contribution is 2.28. The summed E-state index contributed by atoms with van der Waals surface area (Å²) in [4.78, 5) is 41.3. The number of hydrogen-bond acceptors (Lipinski definition) is 7. The molecule has 3 rings (SSSR count). The van der Waals surface area contributed by atoms with Gasteiger partial charge in [0.25, 0.3) is 5.91 Å². The van der Waals surface area contributed by atoms with Crippen molar-refractivity contribution in [3.8, 4) is 9.88 Å². The van der Waals surface area contributed by atoms with Crippen molar-refractivity contribution in [3.63, 3.8) is 0 Å². The molecule has 0 saturated heterocycles. The van der Waals surface area contributed by atoms with Crippen LogP contribution in [0.25, 0.3) is 9.88 Å². The van der Waals surface area contributed by atoms with E-state index in [4.69, 9.17) is 4.74 Å². The lowest BCUT2D eigenvalue weighted by Crippen LogP contribution is -2.40. The molecule has 7 nitrogen and oxygen atoms in total. The second kappa shape index (κ2) is 10.4. The molecule has 0 fully saturated rings. The topological polar surface area (TPSA) is 97.4 Å². The van der Waals surface area contributed by atoms with Crippen LogP contribution in [0.1, 0.15) is 12.6 Å². The van der Waals surface area contributed by atoms with E-state index in [2.05, 4.69) is 10.3 Å². The van der Waals surface area contributed by atoms with Gasteiger partial charge in [-0.1, -0.05) is 6.07 Å². The number of carbonyl (C=O) groups excluding carboxylic acids is 3. The first-order valence-corrected chi connectivity index (χ1v) is 10.9. The lowest BCUT2D eigenvalue weighted by Gasteiger charge is -2.13. The molecule has 2 aromatic heterocycles. The molecule has 12 heteroatoms. The van der Waals surface area contributed by atoms with Crippen LogP contribution in [-0.4, -0.2) is 35.4 Å². The maximum absolute atomic E-state index is 13.6. The van der Waals surface area contributed by atoms with Crippen LogP contribution < -0.4 is 10.6 Å². The summed E-state index contributed by atoms with van der Waals surface area (Å²) in [6, 6.07) is 5.31. The van der Waals surface area contributed by atoms with E-state index in [0.29, 0.717) is 11.8 Å². The summed E-state index contributed by atoms with van der Waals surface area (Å²) in [5.41, 5.74) is -0.0725. The largest absolute Gasteiger partial charge is 0.452 e. The number of esters is 1. The predicted octanol–water partition coefficient (Wildman–Crippen LogP) is 3.52. The van der Waals surface area contributed by atoms with Crippen LogP contribution in [0.2, 0.25) is 0 Å². The molecular formula is C20H16F3N3O4S2. The Balaban J connectivity index is 1.44. The normalized spacial score (nSPS) is 11.6. The zero-order chi connectivity index (χ0) is 23.3. The van der Waals surface area contributed by atoms with Crippen LogP contribution in [0, 0.1) is 17.5 Å². The molecule has 1 atom stereocenters. The summed E-state index contributed by atoms with van der Waals surface area (Å²) in [6.07, 6.45) is -1.33. The second-order valence-electron chi connectivity index (χ2n) is 6.42. The van der Waals surface area contributed by atoms with Crippen LogP contribution in [0.5, 0.6) is 0 Å². The number of thiophene rings is 1. The van der Waals surface area contributed by atoms with Gasteiger partial charge in [0, 0.05) is 5.38 Å². The van der Waals surface area contributed by atoms with Gasteiger partial charge in [0.2, 0.25) is 5.91 Å². The van der Waals surface area contributed by atoms with Crippen molar-refractivity contribution in [2.24, 2.45) is 0 Å². The number of ether oxygens (including phenoxy) is 1. The Morgan fingerprint density at radius 3 is 2.62 bits per heavy atom. The maximum Gasteiger partial charge on any atom is 0.312 e. The highest BCUT2D eigenvalue weighted by atomic mass is 32.1. The van der Waals surface area contributed by atoms with E-state index < -0.39 is 53.6 Å². The van der Waals surface area contributed by atoms with Gasteiger partial charge in [-0.3, -0.25) is 14.4 Å². The van der Waals surface area contributed by atoms with Crippen molar-refractivity contribution in [1.82, 2.24) is 10.3 Å².